The molecule has 0 bridgehead atoms. The summed E-state index contributed by atoms with van der Waals surface area (Å²) in [5, 5.41) is 4.25. The molecule has 7 nitrogen and oxygen atoms in total. The Balaban J connectivity index is 2.37. The summed E-state index contributed by atoms with van der Waals surface area (Å²) < 4.78 is 11.1. The zero-order valence-electron chi connectivity index (χ0n) is 14.7. The van der Waals surface area contributed by atoms with Crippen LogP contribution in [0.1, 0.15) is 50.4 Å². The van der Waals surface area contributed by atoms with E-state index in [-0.39, 0.29) is 18.5 Å². The minimum atomic E-state index is -0.635. The number of fused-ring (bicyclic) bond motifs is 1. The highest BCUT2D eigenvalue weighted by Gasteiger charge is 2.24. The first-order chi connectivity index (χ1) is 11.2. The summed E-state index contributed by atoms with van der Waals surface area (Å²) in [5.41, 5.74) is 1.09. The summed E-state index contributed by atoms with van der Waals surface area (Å²) in [6.45, 7) is 5.02. The van der Waals surface area contributed by atoms with Crippen LogP contribution < -0.4 is 5.56 Å². The molecule has 7 heteroatoms. The Hall–Kier alpha value is -2.18. The van der Waals surface area contributed by atoms with Gasteiger partial charge in [0.25, 0.3) is 5.56 Å². The van der Waals surface area contributed by atoms with Crippen LogP contribution >= 0.6 is 0 Å². The maximum Gasteiger partial charge on any atom is 0.328 e. The highest BCUT2D eigenvalue weighted by atomic mass is 16.6. The van der Waals surface area contributed by atoms with E-state index in [4.69, 9.17) is 9.47 Å². The summed E-state index contributed by atoms with van der Waals surface area (Å²) in [5.74, 6) is -0.949. The van der Waals surface area contributed by atoms with Crippen molar-refractivity contribution in [2.75, 3.05) is 7.11 Å². The third-order valence-corrected chi connectivity index (χ3v) is 3.79. The summed E-state index contributed by atoms with van der Waals surface area (Å²) in [6.07, 6.45) is 3.22. The number of carbonyl (C=O) groups is 2. The topological polar surface area (TPSA) is 87.5 Å². The Morgan fingerprint density at radius 1 is 1.12 bits per heavy atom. The number of esters is 2. The molecule has 0 amide bonds. The molecule has 1 aliphatic carbocycles. The number of hydrogen-bond acceptors (Lipinski definition) is 6. The number of ether oxygens (including phenoxy) is 2. The van der Waals surface area contributed by atoms with E-state index < -0.39 is 17.5 Å². The smallest absolute Gasteiger partial charge is 0.328 e. The van der Waals surface area contributed by atoms with Crippen molar-refractivity contribution >= 4 is 11.9 Å². The third kappa shape index (κ3) is 4.43. The number of carbonyl (C=O) groups excluding carboxylic acids is 2. The van der Waals surface area contributed by atoms with Gasteiger partial charge in [-0.15, -0.1) is 0 Å². The van der Waals surface area contributed by atoms with Crippen molar-refractivity contribution in [2.24, 2.45) is 0 Å². The Morgan fingerprint density at radius 3 is 2.33 bits per heavy atom. The molecule has 1 aromatic heterocycles. The number of aromatic nitrogens is 2. The molecule has 0 saturated heterocycles. The van der Waals surface area contributed by atoms with E-state index in [0.29, 0.717) is 17.7 Å². The zero-order chi connectivity index (χ0) is 17.9. The Morgan fingerprint density at radius 2 is 1.75 bits per heavy atom. The van der Waals surface area contributed by atoms with Gasteiger partial charge in [-0.25, -0.2) is 4.68 Å². The fraction of sp³-hybridized carbons (Fsp3) is 0.647. The number of methoxy groups -OCH3 is 1. The lowest BCUT2D eigenvalue weighted by atomic mass is 9.91. The van der Waals surface area contributed by atoms with Gasteiger partial charge >= 0.3 is 11.9 Å². The maximum atomic E-state index is 12.6. The van der Waals surface area contributed by atoms with E-state index >= 15 is 0 Å². The lowest BCUT2D eigenvalue weighted by molar-refractivity contribution is -0.155. The highest BCUT2D eigenvalue weighted by Crippen LogP contribution is 2.21. The van der Waals surface area contributed by atoms with Gasteiger partial charge in [-0.05, 0) is 52.0 Å². The van der Waals surface area contributed by atoms with Gasteiger partial charge in [-0.3, -0.25) is 14.4 Å². The first kappa shape index (κ1) is 18.2. The average Bonchev–Trinajstić information content (AvgIpc) is 2.50. The van der Waals surface area contributed by atoms with Crippen LogP contribution in [0.15, 0.2) is 4.79 Å². The SMILES string of the molecule is COC(=O)Cc1nn(CC(=O)OC(C)(C)C)c(=O)c2c1CCCC2. The Labute approximate surface area is 140 Å². The first-order valence-corrected chi connectivity index (χ1v) is 8.11. The van der Waals surface area contributed by atoms with Crippen LogP contribution in [0.4, 0.5) is 0 Å². The molecule has 1 aromatic rings. The van der Waals surface area contributed by atoms with E-state index in [9.17, 15) is 14.4 Å². The molecule has 1 aliphatic rings. The van der Waals surface area contributed by atoms with Crippen molar-refractivity contribution in [1.82, 2.24) is 9.78 Å². The van der Waals surface area contributed by atoms with Crippen molar-refractivity contribution < 1.29 is 19.1 Å². The number of rotatable bonds is 4. The van der Waals surface area contributed by atoms with Crippen molar-refractivity contribution in [1.29, 1.82) is 0 Å². The quantitative estimate of drug-likeness (QED) is 0.767. The second-order valence-electron chi connectivity index (χ2n) is 6.91. The second-order valence-corrected chi connectivity index (χ2v) is 6.91. The second kappa shape index (κ2) is 7.15. The van der Waals surface area contributed by atoms with Crippen molar-refractivity contribution in [2.45, 2.75) is 65.0 Å². The standard InChI is InChI=1S/C17H24N2O5/c1-17(2,3)24-15(21)10-19-16(22)12-8-6-5-7-11(12)13(18-19)9-14(20)23-4/h5-10H2,1-4H3. The van der Waals surface area contributed by atoms with E-state index in [1.807, 2.05) is 0 Å². The van der Waals surface area contributed by atoms with Crippen molar-refractivity contribution in [3.05, 3.63) is 27.2 Å². The van der Waals surface area contributed by atoms with Crippen LogP contribution in [0.2, 0.25) is 0 Å². The van der Waals surface area contributed by atoms with Crippen molar-refractivity contribution in [3.8, 4) is 0 Å². The lowest BCUT2D eigenvalue weighted by Gasteiger charge is -2.21. The molecular weight excluding hydrogens is 312 g/mol. The molecule has 0 spiro atoms. The predicted molar refractivity (Wildman–Crippen MR) is 86.7 cm³/mol. The largest absolute Gasteiger partial charge is 0.469 e. The Kier molecular flexibility index (Phi) is 5.41. The molecule has 2 rings (SSSR count). The molecule has 0 radical (unpaired) electrons. The van der Waals surface area contributed by atoms with Crippen molar-refractivity contribution in [3.63, 3.8) is 0 Å². The van der Waals surface area contributed by atoms with Gasteiger partial charge in [0.1, 0.15) is 12.1 Å². The summed E-state index contributed by atoms with van der Waals surface area (Å²) in [6, 6.07) is 0. The molecule has 0 aromatic carbocycles. The maximum absolute atomic E-state index is 12.6. The minimum Gasteiger partial charge on any atom is -0.469 e. The Bertz CT molecular complexity index is 700. The van der Waals surface area contributed by atoms with Crippen LogP contribution in [0, 0.1) is 0 Å². The van der Waals surface area contributed by atoms with E-state index in [1.54, 1.807) is 20.8 Å². The molecular formula is C17H24N2O5. The normalized spacial score (nSPS) is 14.0. The lowest BCUT2D eigenvalue weighted by Crippen LogP contribution is -2.36. The van der Waals surface area contributed by atoms with Crippen LogP contribution in [0.5, 0.6) is 0 Å². The molecule has 24 heavy (non-hydrogen) atoms. The van der Waals surface area contributed by atoms with Gasteiger partial charge in [-0.2, -0.15) is 5.10 Å². The third-order valence-electron chi connectivity index (χ3n) is 3.79. The zero-order valence-corrected chi connectivity index (χ0v) is 14.7. The molecule has 0 atom stereocenters. The predicted octanol–water partition coefficient (Wildman–Crippen LogP) is 1.18. The first-order valence-electron chi connectivity index (χ1n) is 8.11. The number of hydrogen-bond donors (Lipinski definition) is 0. The highest BCUT2D eigenvalue weighted by molar-refractivity contribution is 5.72. The van der Waals surface area contributed by atoms with Gasteiger partial charge in [0, 0.05) is 5.56 Å². The molecule has 1 heterocycles. The summed E-state index contributed by atoms with van der Waals surface area (Å²) in [4.78, 5) is 36.3. The number of nitrogens with zero attached hydrogens (tertiary/aromatic N) is 2. The van der Waals surface area contributed by atoms with Crippen LogP contribution in [0.25, 0.3) is 0 Å². The van der Waals surface area contributed by atoms with Gasteiger partial charge in [0.05, 0.1) is 19.2 Å². The monoisotopic (exact) mass is 336 g/mol. The van der Waals surface area contributed by atoms with Gasteiger partial charge in [0.15, 0.2) is 0 Å². The molecule has 0 unspecified atom stereocenters. The minimum absolute atomic E-state index is 0.00652. The molecule has 132 valence electrons. The van der Waals surface area contributed by atoms with Gasteiger partial charge in [-0.1, -0.05) is 0 Å². The average molecular weight is 336 g/mol. The van der Waals surface area contributed by atoms with E-state index in [2.05, 4.69) is 5.10 Å². The van der Waals surface area contributed by atoms with Gasteiger partial charge < -0.3 is 9.47 Å². The molecule has 0 saturated carbocycles. The van der Waals surface area contributed by atoms with E-state index in [1.165, 1.54) is 7.11 Å². The molecule has 0 fully saturated rings. The molecule has 0 N–H and O–H groups in total. The van der Waals surface area contributed by atoms with Crippen LogP contribution in [0.3, 0.4) is 0 Å². The summed E-state index contributed by atoms with van der Waals surface area (Å²) in [7, 11) is 1.31. The van der Waals surface area contributed by atoms with Crippen LogP contribution in [-0.2, 0) is 44.9 Å². The summed E-state index contributed by atoms with van der Waals surface area (Å²) >= 11 is 0. The molecule has 0 aliphatic heterocycles. The van der Waals surface area contributed by atoms with Crippen LogP contribution in [-0.4, -0.2) is 34.4 Å². The fourth-order valence-corrected chi connectivity index (χ4v) is 2.82. The fourth-order valence-electron chi connectivity index (χ4n) is 2.82. The van der Waals surface area contributed by atoms with E-state index in [0.717, 1.165) is 29.5 Å². The van der Waals surface area contributed by atoms with Gasteiger partial charge in [0.2, 0.25) is 0 Å².